The van der Waals surface area contributed by atoms with Gasteiger partial charge in [-0.2, -0.15) is 0 Å². The highest BCUT2D eigenvalue weighted by atomic mass is 16.1. The Balaban J connectivity index is 2.66. The van der Waals surface area contributed by atoms with Crippen molar-refractivity contribution in [3.05, 3.63) is 18.3 Å². The summed E-state index contributed by atoms with van der Waals surface area (Å²) in [5.74, 6) is 1.53. The summed E-state index contributed by atoms with van der Waals surface area (Å²) in [6.45, 7) is 4.83. The first-order chi connectivity index (χ1) is 9.43. The Morgan fingerprint density at radius 1 is 1.45 bits per heavy atom. The van der Waals surface area contributed by atoms with Crippen molar-refractivity contribution in [2.45, 2.75) is 26.7 Å². The van der Waals surface area contributed by atoms with Gasteiger partial charge in [0.1, 0.15) is 0 Å². The summed E-state index contributed by atoms with van der Waals surface area (Å²) in [5, 5.41) is 2.93. The fourth-order valence-electron chi connectivity index (χ4n) is 2.24. The zero-order chi connectivity index (χ0) is 15.1. The van der Waals surface area contributed by atoms with E-state index < -0.39 is 0 Å². The summed E-state index contributed by atoms with van der Waals surface area (Å²) in [4.78, 5) is 18.3. The molecule has 1 heterocycles. The van der Waals surface area contributed by atoms with Gasteiger partial charge in [0.2, 0.25) is 5.91 Å². The van der Waals surface area contributed by atoms with Crippen molar-refractivity contribution >= 4 is 17.4 Å². The molecule has 1 atom stereocenters. The Morgan fingerprint density at radius 3 is 2.70 bits per heavy atom. The Labute approximate surface area is 121 Å². The molecule has 20 heavy (non-hydrogen) atoms. The van der Waals surface area contributed by atoms with Crippen LogP contribution in [0.1, 0.15) is 26.7 Å². The van der Waals surface area contributed by atoms with Gasteiger partial charge in [-0.3, -0.25) is 4.79 Å². The van der Waals surface area contributed by atoms with Crippen LogP contribution in [0.15, 0.2) is 18.3 Å². The molecule has 112 valence electrons. The molecule has 0 bridgehead atoms. The lowest BCUT2D eigenvalue weighted by atomic mass is 9.94. The summed E-state index contributed by atoms with van der Waals surface area (Å²) < 4.78 is 0. The van der Waals surface area contributed by atoms with Crippen LogP contribution in [-0.2, 0) is 4.79 Å². The summed E-state index contributed by atoms with van der Waals surface area (Å²) in [6.07, 6.45) is 3.14. The Morgan fingerprint density at radius 2 is 2.15 bits per heavy atom. The van der Waals surface area contributed by atoms with E-state index >= 15 is 0 Å². The van der Waals surface area contributed by atoms with Crippen LogP contribution in [0.3, 0.4) is 0 Å². The number of hydrogen-bond donors (Lipinski definition) is 2. The average Bonchev–Trinajstić information content (AvgIpc) is 2.37. The SMILES string of the molecule is CC(C)CC(CN)CC(=O)Nc1cccnc1N(C)C. The van der Waals surface area contributed by atoms with Crippen LogP contribution in [-0.4, -0.2) is 31.5 Å². The van der Waals surface area contributed by atoms with E-state index in [-0.39, 0.29) is 11.8 Å². The molecule has 0 aliphatic carbocycles. The van der Waals surface area contributed by atoms with Gasteiger partial charge in [-0.15, -0.1) is 0 Å². The monoisotopic (exact) mass is 278 g/mol. The van der Waals surface area contributed by atoms with E-state index in [1.165, 1.54) is 0 Å². The van der Waals surface area contributed by atoms with Gasteiger partial charge in [-0.05, 0) is 36.9 Å². The van der Waals surface area contributed by atoms with E-state index in [0.29, 0.717) is 18.9 Å². The lowest BCUT2D eigenvalue weighted by Gasteiger charge is -2.19. The maximum atomic E-state index is 12.1. The zero-order valence-corrected chi connectivity index (χ0v) is 12.9. The molecule has 5 nitrogen and oxygen atoms in total. The standard InChI is InChI=1S/C15H26N4O/c1-11(2)8-12(10-16)9-14(20)18-13-6-5-7-17-15(13)19(3)4/h5-7,11-12H,8-10,16H2,1-4H3,(H,18,20). The van der Waals surface area contributed by atoms with Gasteiger partial charge in [0.15, 0.2) is 5.82 Å². The molecule has 0 radical (unpaired) electrons. The molecule has 1 aromatic rings. The van der Waals surface area contributed by atoms with E-state index in [4.69, 9.17) is 5.73 Å². The fraction of sp³-hybridized carbons (Fsp3) is 0.600. The van der Waals surface area contributed by atoms with Crippen LogP contribution < -0.4 is 16.0 Å². The van der Waals surface area contributed by atoms with Gasteiger partial charge in [0.25, 0.3) is 0 Å². The third-order valence-electron chi connectivity index (χ3n) is 3.10. The minimum atomic E-state index is -0.00259. The number of nitrogens with two attached hydrogens (primary N) is 1. The first kappa shape index (κ1) is 16.4. The van der Waals surface area contributed by atoms with Gasteiger partial charge in [-0.1, -0.05) is 13.8 Å². The van der Waals surface area contributed by atoms with Crippen LogP contribution in [0.25, 0.3) is 0 Å². The summed E-state index contributed by atoms with van der Waals surface area (Å²) in [6, 6.07) is 3.68. The van der Waals surface area contributed by atoms with E-state index in [1.807, 2.05) is 31.1 Å². The maximum Gasteiger partial charge on any atom is 0.224 e. The number of aromatic nitrogens is 1. The van der Waals surface area contributed by atoms with E-state index in [0.717, 1.165) is 17.9 Å². The number of carbonyl (C=O) groups excluding carboxylic acids is 1. The number of carbonyl (C=O) groups is 1. The largest absolute Gasteiger partial charge is 0.361 e. The van der Waals surface area contributed by atoms with Crippen molar-refractivity contribution in [2.75, 3.05) is 30.9 Å². The number of hydrogen-bond acceptors (Lipinski definition) is 4. The molecule has 0 aliphatic rings. The minimum absolute atomic E-state index is 0.00259. The number of anilines is 2. The zero-order valence-electron chi connectivity index (χ0n) is 12.9. The lowest BCUT2D eigenvalue weighted by Crippen LogP contribution is -2.24. The smallest absolute Gasteiger partial charge is 0.224 e. The molecule has 0 saturated heterocycles. The quantitative estimate of drug-likeness (QED) is 0.801. The fourth-order valence-corrected chi connectivity index (χ4v) is 2.24. The number of nitrogens with one attached hydrogen (secondary N) is 1. The number of rotatable bonds is 7. The second-order valence-corrected chi connectivity index (χ2v) is 5.75. The molecule has 0 fully saturated rings. The lowest BCUT2D eigenvalue weighted by molar-refractivity contribution is -0.117. The van der Waals surface area contributed by atoms with Crippen LogP contribution in [0.2, 0.25) is 0 Å². The summed E-state index contributed by atoms with van der Waals surface area (Å²) in [5.41, 5.74) is 6.48. The van der Waals surface area contributed by atoms with E-state index in [1.54, 1.807) is 6.20 Å². The van der Waals surface area contributed by atoms with Crippen molar-refractivity contribution in [1.29, 1.82) is 0 Å². The first-order valence-corrected chi connectivity index (χ1v) is 7.06. The third-order valence-corrected chi connectivity index (χ3v) is 3.10. The molecule has 3 N–H and O–H groups in total. The van der Waals surface area contributed by atoms with Gasteiger partial charge in [0, 0.05) is 26.7 Å². The molecule has 1 amide bonds. The van der Waals surface area contributed by atoms with Crippen LogP contribution in [0.5, 0.6) is 0 Å². The van der Waals surface area contributed by atoms with Crippen molar-refractivity contribution in [2.24, 2.45) is 17.6 Å². The Bertz CT molecular complexity index is 432. The van der Waals surface area contributed by atoms with Crippen molar-refractivity contribution in [3.63, 3.8) is 0 Å². The maximum absolute atomic E-state index is 12.1. The highest BCUT2D eigenvalue weighted by Crippen LogP contribution is 2.21. The van der Waals surface area contributed by atoms with Crippen LogP contribution in [0, 0.1) is 11.8 Å². The predicted octanol–water partition coefficient (Wildman–Crippen LogP) is 2.10. The molecule has 5 heteroatoms. The number of amides is 1. The normalized spacial score (nSPS) is 12.3. The Hall–Kier alpha value is -1.62. The van der Waals surface area contributed by atoms with E-state index in [9.17, 15) is 4.79 Å². The number of nitrogens with zero attached hydrogens (tertiary/aromatic N) is 2. The molecule has 0 spiro atoms. The van der Waals surface area contributed by atoms with Crippen molar-refractivity contribution < 1.29 is 4.79 Å². The molecule has 0 aliphatic heterocycles. The molecule has 0 aromatic carbocycles. The minimum Gasteiger partial charge on any atom is -0.361 e. The Kier molecular flexibility index (Phi) is 6.45. The van der Waals surface area contributed by atoms with Crippen molar-refractivity contribution in [3.8, 4) is 0 Å². The van der Waals surface area contributed by atoms with Gasteiger partial charge >= 0.3 is 0 Å². The van der Waals surface area contributed by atoms with Crippen LogP contribution >= 0.6 is 0 Å². The van der Waals surface area contributed by atoms with Gasteiger partial charge in [0.05, 0.1) is 5.69 Å². The molecule has 0 saturated carbocycles. The summed E-state index contributed by atoms with van der Waals surface area (Å²) in [7, 11) is 3.80. The molecule has 1 aromatic heterocycles. The van der Waals surface area contributed by atoms with Crippen LogP contribution in [0.4, 0.5) is 11.5 Å². The van der Waals surface area contributed by atoms with E-state index in [2.05, 4.69) is 24.1 Å². The van der Waals surface area contributed by atoms with Gasteiger partial charge in [-0.25, -0.2) is 4.98 Å². The third kappa shape index (κ3) is 5.17. The molecular weight excluding hydrogens is 252 g/mol. The topological polar surface area (TPSA) is 71.2 Å². The molecule has 1 rings (SSSR count). The highest BCUT2D eigenvalue weighted by molar-refractivity contribution is 5.93. The van der Waals surface area contributed by atoms with Crippen molar-refractivity contribution in [1.82, 2.24) is 4.98 Å². The first-order valence-electron chi connectivity index (χ1n) is 7.06. The van der Waals surface area contributed by atoms with Gasteiger partial charge < -0.3 is 16.0 Å². The second kappa shape index (κ2) is 7.85. The summed E-state index contributed by atoms with van der Waals surface area (Å²) >= 11 is 0. The predicted molar refractivity (Wildman–Crippen MR) is 83.8 cm³/mol. The highest BCUT2D eigenvalue weighted by Gasteiger charge is 2.15. The average molecular weight is 278 g/mol. The number of pyridine rings is 1. The molecular formula is C15H26N4O. The molecule has 1 unspecified atom stereocenters. The second-order valence-electron chi connectivity index (χ2n) is 5.75.